The zero-order chi connectivity index (χ0) is 26.6. The molecular weight excluding hydrogens is 505 g/mol. The van der Waals surface area contributed by atoms with Crippen LogP contribution in [0.25, 0.3) is 0 Å². The molecule has 10 heteroatoms. The minimum Gasteiger partial charge on any atom is -0.405 e. The number of amides is 2. The van der Waals surface area contributed by atoms with Gasteiger partial charge in [0.15, 0.2) is 9.84 Å². The van der Waals surface area contributed by atoms with Crippen molar-refractivity contribution in [2.75, 3.05) is 18.8 Å². The molecule has 1 heterocycles. The van der Waals surface area contributed by atoms with Gasteiger partial charge < -0.3 is 15.0 Å². The fraction of sp³-hybridized carbons (Fsp3) is 0.296. The highest BCUT2D eigenvalue weighted by atomic mass is 32.2. The number of urea groups is 1. The average molecular weight is 533 g/mol. The maximum atomic E-state index is 13.1. The zero-order valence-electron chi connectivity index (χ0n) is 20.1. The number of para-hydroxylation sites is 1. The Bertz CT molecular complexity index is 1330. The first kappa shape index (κ1) is 26.5. The third-order valence-electron chi connectivity index (χ3n) is 6.49. The molecule has 2 atom stereocenters. The Morgan fingerprint density at radius 3 is 2.22 bits per heavy atom. The van der Waals surface area contributed by atoms with E-state index < -0.39 is 22.1 Å². The third-order valence-corrected chi connectivity index (χ3v) is 8.24. The van der Waals surface area contributed by atoms with Crippen molar-refractivity contribution in [3.63, 3.8) is 0 Å². The first-order chi connectivity index (χ1) is 17.6. The molecule has 0 aromatic heterocycles. The van der Waals surface area contributed by atoms with Crippen LogP contribution in [-0.2, 0) is 16.4 Å². The number of hydrogen-bond donors (Lipinski definition) is 1. The monoisotopic (exact) mass is 532 g/mol. The van der Waals surface area contributed by atoms with Crippen LogP contribution >= 0.6 is 0 Å². The Morgan fingerprint density at radius 2 is 1.57 bits per heavy atom. The van der Waals surface area contributed by atoms with E-state index in [-0.39, 0.29) is 41.4 Å². The van der Waals surface area contributed by atoms with Crippen molar-refractivity contribution in [1.29, 1.82) is 0 Å². The number of sulfone groups is 1. The molecule has 2 unspecified atom stereocenters. The summed E-state index contributed by atoms with van der Waals surface area (Å²) in [6, 6.07) is 21.4. The first-order valence-corrected chi connectivity index (χ1v) is 13.5. The minimum absolute atomic E-state index is 0.00106. The maximum Gasteiger partial charge on any atom is 0.573 e. The first-order valence-electron chi connectivity index (χ1n) is 11.8. The van der Waals surface area contributed by atoms with E-state index in [1.54, 1.807) is 36.1 Å². The largest absolute Gasteiger partial charge is 0.573 e. The number of halogens is 3. The van der Waals surface area contributed by atoms with Gasteiger partial charge in [0.25, 0.3) is 0 Å². The lowest BCUT2D eigenvalue weighted by molar-refractivity contribution is -0.275. The molecule has 1 aliphatic heterocycles. The SMILES string of the molecule is CCS(=O)(=O)c1ccc(CNC(=O)N2CC(c3ccccc3)C(c3ccccc3OC(F)(F)F)C2)cc1. The van der Waals surface area contributed by atoms with E-state index in [0.29, 0.717) is 12.1 Å². The summed E-state index contributed by atoms with van der Waals surface area (Å²) < 4.78 is 67.5. The Morgan fingerprint density at radius 1 is 0.946 bits per heavy atom. The number of carbonyl (C=O) groups is 1. The van der Waals surface area contributed by atoms with E-state index in [1.165, 1.54) is 24.3 Å². The number of alkyl halides is 3. The lowest BCUT2D eigenvalue weighted by Gasteiger charge is -2.22. The van der Waals surface area contributed by atoms with Gasteiger partial charge in [0.2, 0.25) is 0 Å². The number of benzene rings is 3. The summed E-state index contributed by atoms with van der Waals surface area (Å²) in [7, 11) is -3.32. The summed E-state index contributed by atoms with van der Waals surface area (Å²) in [6.07, 6.45) is -4.83. The molecule has 6 nitrogen and oxygen atoms in total. The predicted octanol–water partition coefficient (Wildman–Crippen LogP) is 5.47. The van der Waals surface area contributed by atoms with E-state index in [4.69, 9.17) is 0 Å². The quantitative estimate of drug-likeness (QED) is 0.438. The zero-order valence-corrected chi connectivity index (χ0v) is 20.9. The van der Waals surface area contributed by atoms with E-state index >= 15 is 0 Å². The standard InChI is InChI=1S/C27H27F3N2O4S/c1-2-37(34,35)21-14-12-19(13-15-21)16-31-26(33)32-17-23(20-8-4-3-5-9-20)24(18-32)22-10-6-7-11-25(22)36-27(28,29)30/h3-15,23-24H,2,16-18H2,1H3,(H,31,33). The van der Waals surface area contributed by atoms with Gasteiger partial charge in [-0.05, 0) is 29.3 Å². The molecule has 0 radical (unpaired) electrons. The molecule has 4 rings (SSSR count). The van der Waals surface area contributed by atoms with Gasteiger partial charge in [0.1, 0.15) is 5.75 Å². The summed E-state index contributed by atoms with van der Waals surface area (Å²) >= 11 is 0. The Labute approximate surface area is 214 Å². The summed E-state index contributed by atoms with van der Waals surface area (Å²) in [6.45, 7) is 2.27. The normalized spacial score (nSPS) is 18.0. The third kappa shape index (κ3) is 6.43. The number of rotatable bonds is 7. The Balaban J connectivity index is 1.52. The number of likely N-dealkylation sites (tertiary alicyclic amines) is 1. The van der Waals surface area contributed by atoms with Crippen LogP contribution in [0.15, 0.2) is 83.8 Å². The fourth-order valence-electron chi connectivity index (χ4n) is 4.60. The van der Waals surface area contributed by atoms with Crippen molar-refractivity contribution >= 4 is 15.9 Å². The second-order valence-electron chi connectivity index (χ2n) is 8.82. The highest BCUT2D eigenvalue weighted by Crippen LogP contribution is 2.43. The van der Waals surface area contributed by atoms with Crippen molar-refractivity contribution in [2.45, 2.75) is 36.6 Å². The molecule has 196 valence electrons. The molecule has 0 aliphatic carbocycles. The topological polar surface area (TPSA) is 75.7 Å². The molecule has 1 aliphatic rings. The van der Waals surface area contributed by atoms with Crippen molar-refractivity contribution in [3.8, 4) is 5.75 Å². The highest BCUT2D eigenvalue weighted by Gasteiger charge is 2.40. The maximum absolute atomic E-state index is 13.1. The lowest BCUT2D eigenvalue weighted by atomic mass is 9.84. The average Bonchev–Trinajstić information content (AvgIpc) is 3.33. The van der Waals surface area contributed by atoms with E-state index in [0.717, 1.165) is 11.1 Å². The van der Waals surface area contributed by atoms with Gasteiger partial charge in [0, 0.05) is 37.0 Å². The second-order valence-corrected chi connectivity index (χ2v) is 11.1. The van der Waals surface area contributed by atoms with Crippen LogP contribution in [0.1, 0.15) is 35.4 Å². The van der Waals surface area contributed by atoms with Crippen LogP contribution in [0.2, 0.25) is 0 Å². The molecule has 1 fully saturated rings. The van der Waals surface area contributed by atoms with Crippen LogP contribution < -0.4 is 10.1 Å². The van der Waals surface area contributed by atoms with Crippen LogP contribution in [-0.4, -0.2) is 44.6 Å². The molecule has 2 amide bonds. The van der Waals surface area contributed by atoms with Crippen molar-refractivity contribution in [2.24, 2.45) is 0 Å². The number of nitrogens with zero attached hydrogens (tertiary/aromatic N) is 1. The summed E-state index contributed by atoms with van der Waals surface area (Å²) in [5, 5.41) is 2.84. The van der Waals surface area contributed by atoms with Gasteiger partial charge in [-0.25, -0.2) is 13.2 Å². The minimum atomic E-state index is -4.83. The molecule has 3 aromatic carbocycles. The fourth-order valence-corrected chi connectivity index (χ4v) is 5.48. The Kier molecular flexibility index (Phi) is 7.77. The van der Waals surface area contributed by atoms with Crippen molar-refractivity contribution in [1.82, 2.24) is 10.2 Å². The molecule has 1 saturated heterocycles. The molecule has 0 spiro atoms. The smallest absolute Gasteiger partial charge is 0.405 e. The molecule has 0 saturated carbocycles. The van der Waals surface area contributed by atoms with Gasteiger partial charge in [-0.2, -0.15) is 0 Å². The van der Waals surface area contributed by atoms with E-state index in [1.807, 2.05) is 30.3 Å². The van der Waals surface area contributed by atoms with Gasteiger partial charge in [-0.1, -0.05) is 67.6 Å². The van der Waals surface area contributed by atoms with Crippen LogP contribution in [0, 0.1) is 0 Å². The van der Waals surface area contributed by atoms with Gasteiger partial charge >= 0.3 is 12.4 Å². The molecule has 3 aromatic rings. The van der Waals surface area contributed by atoms with Crippen LogP contribution in [0.4, 0.5) is 18.0 Å². The molecule has 37 heavy (non-hydrogen) atoms. The van der Waals surface area contributed by atoms with Crippen molar-refractivity contribution < 1.29 is 31.1 Å². The van der Waals surface area contributed by atoms with Crippen LogP contribution in [0.5, 0.6) is 5.75 Å². The van der Waals surface area contributed by atoms with Gasteiger partial charge in [-0.3, -0.25) is 0 Å². The molecular formula is C27H27F3N2O4S. The highest BCUT2D eigenvalue weighted by molar-refractivity contribution is 7.91. The number of carbonyl (C=O) groups excluding carboxylic acids is 1. The molecule has 0 bridgehead atoms. The number of hydrogen-bond acceptors (Lipinski definition) is 4. The van der Waals surface area contributed by atoms with Crippen molar-refractivity contribution in [3.05, 3.63) is 95.6 Å². The van der Waals surface area contributed by atoms with Crippen LogP contribution in [0.3, 0.4) is 0 Å². The lowest BCUT2D eigenvalue weighted by Crippen LogP contribution is -2.38. The van der Waals surface area contributed by atoms with E-state index in [2.05, 4.69) is 10.1 Å². The van der Waals surface area contributed by atoms with E-state index in [9.17, 15) is 26.4 Å². The number of ether oxygens (including phenoxy) is 1. The second kappa shape index (κ2) is 10.8. The number of nitrogens with one attached hydrogen (secondary N) is 1. The molecule has 1 N–H and O–H groups in total. The Hall–Kier alpha value is -3.53. The summed E-state index contributed by atoms with van der Waals surface area (Å²) in [5.41, 5.74) is 2.02. The summed E-state index contributed by atoms with van der Waals surface area (Å²) in [5.74, 6) is -0.919. The van der Waals surface area contributed by atoms with Gasteiger partial charge in [-0.15, -0.1) is 13.2 Å². The van der Waals surface area contributed by atoms with Gasteiger partial charge in [0.05, 0.1) is 10.6 Å². The predicted molar refractivity (Wildman–Crippen MR) is 133 cm³/mol. The summed E-state index contributed by atoms with van der Waals surface area (Å²) in [4.78, 5) is 14.9.